The number of hydrogen-bond acceptors (Lipinski definition) is 3. The summed E-state index contributed by atoms with van der Waals surface area (Å²) in [5, 5.41) is 3.67. The number of likely N-dealkylation sites (tertiary alicyclic amines) is 1. The van der Waals surface area contributed by atoms with E-state index in [1.54, 1.807) is 0 Å². The Bertz CT molecular complexity index is 597. The first-order chi connectivity index (χ1) is 10.7. The van der Waals surface area contributed by atoms with E-state index in [4.69, 9.17) is 6.42 Å². The molecule has 1 fully saturated rings. The van der Waals surface area contributed by atoms with Crippen LogP contribution in [-0.2, 0) is 0 Å². The molecule has 3 rings (SSSR count). The highest BCUT2D eigenvalue weighted by Crippen LogP contribution is 2.37. The van der Waals surface area contributed by atoms with Gasteiger partial charge in [0.1, 0.15) is 5.66 Å². The van der Waals surface area contributed by atoms with Crippen molar-refractivity contribution in [3.63, 3.8) is 0 Å². The highest BCUT2D eigenvalue weighted by molar-refractivity contribution is 6.02. The number of piperidine rings is 1. The number of carbonyl (C=O) groups excluding carboxylic acids is 1. The summed E-state index contributed by atoms with van der Waals surface area (Å²) in [6.07, 6.45) is 8.20. The summed E-state index contributed by atoms with van der Waals surface area (Å²) < 4.78 is 0. The molecule has 1 N–H and O–H groups in total. The molecule has 116 valence electrons. The first kappa shape index (κ1) is 14.9. The van der Waals surface area contributed by atoms with Gasteiger partial charge in [0.05, 0.1) is 12.1 Å². The Kier molecular flexibility index (Phi) is 4.08. The third kappa shape index (κ3) is 2.46. The Morgan fingerprint density at radius 2 is 2.05 bits per heavy atom. The number of rotatable bonds is 3. The molecule has 2 heterocycles. The molecule has 0 saturated carbocycles. The van der Waals surface area contributed by atoms with Crippen LogP contribution in [0.15, 0.2) is 24.3 Å². The molecule has 22 heavy (non-hydrogen) atoms. The molecule has 1 saturated heterocycles. The van der Waals surface area contributed by atoms with Crippen LogP contribution in [-0.4, -0.2) is 47.5 Å². The summed E-state index contributed by atoms with van der Waals surface area (Å²) >= 11 is 0. The second-order valence-electron chi connectivity index (χ2n) is 6.14. The molecule has 1 spiro atoms. The van der Waals surface area contributed by atoms with Gasteiger partial charge in [-0.15, -0.1) is 6.42 Å². The Balaban J connectivity index is 1.90. The van der Waals surface area contributed by atoms with Crippen molar-refractivity contribution in [3.05, 3.63) is 29.8 Å². The molecule has 4 nitrogen and oxygen atoms in total. The number of carbonyl (C=O) groups is 1. The lowest BCUT2D eigenvalue weighted by Gasteiger charge is -2.52. The topological polar surface area (TPSA) is 35.6 Å². The highest BCUT2D eigenvalue weighted by atomic mass is 16.2. The van der Waals surface area contributed by atoms with E-state index in [0.29, 0.717) is 6.54 Å². The molecule has 0 aliphatic carbocycles. The molecule has 1 amide bonds. The summed E-state index contributed by atoms with van der Waals surface area (Å²) in [6.45, 7) is 5.44. The second kappa shape index (κ2) is 6.02. The quantitative estimate of drug-likeness (QED) is 0.870. The molecule has 1 aromatic rings. The number of hydrogen-bond donors (Lipinski definition) is 1. The minimum atomic E-state index is -0.257. The summed E-state index contributed by atoms with van der Waals surface area (Å²) in [7, 11) is 0. The lowest BCUT2D eigenvalue weighted by molar-refractivity contribution is 0.0288. The number of terminal acetylenes is 1. The minimum Gasteiger partial charge on any atom is -0.362 e. The average Bonchev–Trinajstić information content (AvgIpc) is 2.54. The molecule has 4 heteroatoms. The van der Waals surface area contributed by atoms with Gasteiger partial charge in [-0.3, -0.25) is 9.69 Å². The summed E-state index contributed by atoms with van der Waals surface area (Å²) in [5.74, 6) is 2.87. The molecule has 2 aliphatic heterocycles. The fourth-order valence-corrected chi connectivity index (χ4v) is 3.58. The van der Waals surface area contributed by atoms with Gasteiger partial charge in [-0.1, -0.05) is 25.0 Å². The second-order valence-corrected chi connectivity index (χ2v) is 6.14. The molecule has 0 atom stereocenters. The van der Waals surface area contributed by atoms with Crippen molar-refractivity contribution in [3.8, 4) is 12.3 Å². The Morgan fingerprint density at radius 3 is 2.73 bits per heavy atom. The average molecular weight is 297 g/mol. The standard InChI is InChI=1S/C18H23N3O/c1-3-11-20-13-9-18(10-14-20)19-16-8-6-5-7-15(16)17(22)21(18)12-4-2/h1,5-8,19H,4,9-14H2,2H3. The third-order valence-corrected chi connectivity index (χ3v) is 4.73. The maximum absolute atomic E-state index is 12.9. The van der Waals surface area contributed by atoms with Crippen LogP contribution in [0.5, 0.6) is 0 Å². The van der Waals surface area contributed by atoms with Crippen molar-refractivity contribution in [2.75, 3.05) is 31.5 Å². The predicted molar refractivity (Wildman–Crippen MR) is 88.6 cm³/mol. The van der Waals surface area contributed by atoms with E-state index in [1.807, 2.05) is 29.2 Å². The van der Waals surface area contributed by atoms with Gasteiger partial charge in [0.25, 0.3) is 5.91 Å². The van der Waals surface area contributed by atoms with Crippen molar-refractivity contribution >= 4 is 11.6 Å². The van der Waals surface area contributed by atoms with E-state index in [2.05, 4.69) is 23.1 Å². The van der Waals surface area contributed by atoms with Gasteiger partial charge in [0, 0.05) is 38.2 Å². The first-order valence-electron chi connectivity index (χ1n) is 8.05. The lowest BCUT2D eigenvalue weighted by Crippen LogP contribution is -2.64. The Hall–Kier alpha value is -1.99. The molecular formula is C18H23N3O. The van der Waals surface area contributed by atoms with Crippen LogP contribution in [0.1, 0.15) is 36.5 Å². The molecule has 0 unspecified atom stereocenters. The van der Waals surface area contributed by atoms with Crippen LogP contribution in [0.3, 0.4) is 0 Å². The normalized spacial score (nSPS) is 20.4. The predicted octanol–water partition coefficient (Wildman–Crippen LogP) is 2.39. The SMILES string of the molecule is C#CCN1CCC2(CC1)Nc1ccccc1C(=O)N2CCC. The van der Waals surface area contributed by atoms with E-state index >= 15 is 0 Å². The number of para-hydroxylation sites is 1. The van der Waals surface area contributed by atoms with Gasteiger partial charge >= 0.3 is 0 Å². The number of nitrogens with zero attached hydrogens (tertiary/aromatic N) is 2. The van der Waals surface area contributed by atoms with Crippen molar-refractivity contribution in [2.24, 2.45) is 0 Å². The van der Waals surface area contributed by atoms with Crippen molar-refractivity contribution < 1.29 is 4.79 Å². The number of nitrogens with one attached hydrogen (secondary N) is 1. The minimum absolute atomic E-state index is 0.154. The number of benzene rings is 1. The van der Waals surface area contributed by atoms with Gasteiger partial charge in [-0.2, -0.15) is 0 Å². The maximum atomic E-state index is 12.9. The fourth-order valence-electron chi connectivity index (χ4n) is 3.58. The largest absolute Gasteiger partial charge is 0.362 e. The maximum Gasteiger partial charge on any atom is 0.257 e. The van der Waals surface area contributed by atoms with Crippen LogP contribution in [0.2, 0.25) is 0 Å². The fraction of sp³-hybridized carbons (Fsp3) is 0.500. The number of fused-ring (bicyclic) bond motifs is 1. The van der Waals surface area contributed by atoms with Crippen LogP contribution in [0.4, 0.5) is 5.69 Å². The van der Waals surface area contributed by atoms with Gasteiger partial charge in [-0.05, 0) is 18.6 Å². The van der Waals surface area contributed by atoms with Crippen LogP contribution in [0.25, 0.3) is 0 Å². The van der Waals surface area contributed by atoms with E-state index in [0.717, 1.165) is 50.1 Å². The number of amides is 1. The first-order valence-corrected chi connectivity index (χ1v) is 8.05. The van der Waals surface area contributed by atoms with E-state index in [9.17, 15) is 4.79 Å². The smallest absolute Gasteiger partial charge is 0.257 e. The van der Waals surface area contributed by atoms with Crippen LogP contribution in [0, 0.1) is 12.3 Å². The monoisotopic (exact) mass is 297 g/mol. The molecular weight excluding hydrogens is 274 g/mol. The third-order valence-electron chi connectivity index (χ3n) is 4.73. The number of anilines is 1. The van der Waals surface area contributed by atoms with Gasteiger partial charge in [0.2, 0.25) is 0 Å². The van der Waals surface area contributed by atoms with Crippen molar-refractivity contribution in [1.82, 2.24) is 9.80 Å². The Morgan fingerprint density at radius 1 is 1.32 bits per heavy atom. The zero-order valence-corrected chi connectivity index (χ0v) is 13.1. The van der Waals surface area contributed by atoms with E-state index < -0.39 is 0 Å². The summed E-state index contributed by atoms with van der Waals surface area (Å²) in [6, 6.07) is 7.82. The zero-order chi connectivity index (χ0) is 15.6. The van der Waals surface area contributed by atoms with Crippen LogP contribution >= 0.6 is 0 Å². The summed E-state index contributed by atoms with van der Waals surface area (Å²) in [5.41, 5.74) is 1.49. The molecule has 0 bridgehead atoms. The van der Waals surface area contributed by atoms with E-state index in [-0.39, 0.29) is 11.6 Å². The summed E-state index contributed by atoms with van der Waals surface area (Å²) in [4.78, 5) is 17.3. The van der Waals surface area contributed by atoms with Crippen molar-refractivity contribution in [2.45, 2.75) is 31.8 Å². The molecule has 2 aliphatic rings. The van der Waals surface area contributed by atoms with Gasteiger partial charge < -0.3 is 10.2 Å². The van der Waals surface area contributed by atoms with Crippen LogP contribution < -0.4 is 5.32 Å². The van der Waals surface area contributed by atoms with Gasteiger partial charge in [0.15, 0.2) is 0 Å². The highest BCUT2D eigenvalue weighted by Gasteiger charge is 2.45. The Labute approximate surface area is 132 Å². The molecule has 0 radical (unpaired) electrons. The van der Waals surface area contributed by atoms with Gasteiger partial charge in [-0.25, -0.2) is 0 Å². The molecule has 1 aromatic carbocycles. The molecule has 0 aromatic heterocycles. The zero-order valence-electron chi connectivity index (χ0n) is 13.1. The lowest BCUT2D eigenvalue weighted by atomic mass is 9.89. The van der Waals surface area contributed by atoms with Crippen molar-refractivity contribution in [1.29, 1.82) is 0 Å². The van der Waals surface area contributed by atoms with E-state index in [1.165, 1.54) is 0 Å².